The lowest BCUT2D eigenvalue weighted by atomic mass is 10.0. The van der Waals surface area contributed by atoms with Crippen molar-refractivity contribution in [2.75, 3.05) is 24.5 Å². The van der Waals surface area contributed by atoms with Gasteiger partial charge in [-0.25, -0.2) is 4.98 Å². The zero-order chi connectivity index (χ0) is 17.0. The number of nitrogens with zero attached hydrogens (tertiary/aromatic N) is 4. The first-order chi connectivity index (χ1) is 12.2. The van der Waals surface area contributed by atoms with Gasteiger partial charge in [-0.15, -0.1) is 11.3 Å². The summed E-state index contributed by atoms with van der Waals surface area (Å²) in [5.74, 6) is 0.785. The van der Waals surface area contributed by atoms with E-state index < -0.39 is 0 Å². The number of hydrogen-bond acceptors (Lipinski definition) is 5. The molecule has 5 rings (SSSR count). The molecule has 25 heavy (non-hydrogen) atoms. The van der Waals surface area contributed by atoms with Crippen LogP contribution in [0.25, 0.3) is 10.9 Å². The van der Waals surface area contributed by atoms with E-state index in [1.807, 2.05) is 42.6 Å². The van der Waals surface area contributed by atoms with Crippen molar-refractivity contribution in [3.63, 3.8) is 0 Å². The molecule has 0 bridgehead atoms. The Morgan fingerprint density at radius 1 is 1.20 bits per heavy atom. The summed E-state index contributed by atoms with van der Waals surface area (Å²) < 4.78 is 1.69. The number of rotatable bonds is 2. The van der Waals surface area contributed by atoms with Crippen LogP contribution in [0.4, 0.5) is 5.95 Å². The lowest BCUT2D eigenvalue weighted by Gasteiger charge is -2.47. The first-order valence-corrected chi connectivity index (χ1v) is 9.58. The van der Waals surface area contributed by atoms with Crippen LogP contribution >= 0.6 is 11.3 Å². The van der Waals surface area contributed by atoms with Crippen LogP contribution in [0.1, 0.15) is 10.4 Å². The van der Waals surface area contributed by atoms with Crippen molar-refractivity contribution < 1.29 is 0 Å². The van der Waals surface area contributed by atoms with Crippen molar-refractivity contribution >= 4 is 28.2 Å². The molecular formula is C19H20N4OS. The van der Waals surface area contributed by atoms with Gasteiger partial charge in [0, 0.05) is 44.1 Å². The monoisotopic (exact) mass is 352 g/mol. The lowest BCUT2D eigenvalue weighted by Crippen LogP contribution is -2.61. The Hall–Kier alpha value is -2.18. The van der Waals surface area contributed by atoms with Gasteiger partial charge in [0.25, 0.3) is 5.56 Å². The third kappa shape index (κ3) is 2.40. The first-order valence-electron chi connectivity index (χ1n) is 8.71. The zero-order valence-electron chi connectivity index (χ0n) is 14.2. The van der Waals surface area contributed by atoms with E-state index in [1.54, 1.807) is 9.44 Å². The van der Waals surface area contributed by atoms with Gasteiger partial charge in [-0.3, -0.25) is 14.3 Å². The minimum Gasteiger partial charge on any atom is -0.339 e. The van der Waals surface area contributed by atoms with E-state index in [9.17, 15) is 4.79 Å². The van der Waals surface area contributed by atoms with E-state index in [2.05, 4.69) is 21.2 Å². The van der Waals surface area contributed by atoms with Crippen molar-refractivity contribution in [3.8, 4) is 0 Å². The van der Waals surface area contributed by atoms with Gasteiger partial charge in [-0.1, -0.05) is 12.1 Å². The maximum atomic E-state index is 12.6. The second-order valence-electron chi connectivity index (χ2n) is 6.94. The van der Waals surface area contributed by atoms with E-state index in [0.29, 0.717) is 11.4 Å². The molecule has 4 heterocycles. The van der Waals surface area contributed by atoms with Gasteiger partial charge in [0.1, 0.15) is 0 Å². The summed E-state index contributed by atoms with van der Waals surface area (Å²) in [4.78, 5) is 23.7. The van der Waals surface area contributed by atoms with Gasteiger partial charge in [-0.2, -0.15) is 0 Å². The van der Waals surface area contributed by atoms with Crippen molar-refractivity contribution in [1.82, 2.24) is 14.5 Å². The number of benzene rings is 1. The molecule has 0 atom stereocenters. The van der Waals surface area contributed by atoms with Crippen LogP contribution in [-0.2, 0) is 20.0 Å². The van der Waals surface area contributed by atoms with Gasteiger partial charge >= 0.3 is 0 Å². The summed E-state index contributed by atoms with van der Waals surface area (Å²) in [6.07, 6.45) is 1.16. The van der Waals surface area contributed by atoms with E-state index in [0.717, 1.165) is 44.1 Å². The molecule has 1 fully saturated rings. The molecule has 0 unspecified atom stereocenters. The highest BCUT2D eigenvalue weighted by atomic mass is 32.1. The molecule has 0 saturated carbocycles. The maximum Gasteiger partial charge on any atom is 0.262 e. The van der Waals surface area contributed by atoms with Gasteiger partial charge in [-0.05, 0) is 35.6 Å². The summed E-state index contributed by atoms with van der Waals surface area (Å²) in [5, 5.41) is 2.89. The Morgan fingerprint density at radius 3 is 2.92 bits per heavy atom. The third-order valence-corrected chi connectivity index (χ3v) is 6.48. The van der Waals surface area contributed by atoms with Crippen molar-refractivity contribution in [3.05, 3.63) is 56.5 Å². The molecule has 2 aliphatic rings. The number of thiophene rings is 1. The molecule has 1 saturated heterocycles. The quantitative estimate of drug-likeness (QED) is 0.709. The van der Waals surface area contributed by atoms with Gasteiger partial charge < -0.3 is 4.90 Å². The predicted octanol–water partition coefficient (Wildman–Crippen LogP) is 2.24. The molecule has 2 aliphatic heterocycles. The molecular weight excluding hydrogens is 332 g/mol. The zero-order valence-corrected chi connectivity index (χ0v) is 15.0. The fourth-order valence-electron chi connectivity index (χ4n) is 3.92. The number of hydrogen-bond donors (Lipinski definition) is 0. The average Bonchev–Trinajstić information content (AvgIpc) is 3.06. The molecule has 0 spiro atoms. The lowest BCUT2D eigenvalue weighted by molar-refractivity contribution is 0.150. The second kappa shape index (κ2) is 5.68. The number of anilines is 1. The summed E-state index contributed by atoms with van der Waals surface area (Å²) in [6, 6.07) is 10.4. The molecule has 2 aromatic heterocycles. The standard InChI is InChI=1S/C19H20N4OS/c1-21-18(24)15-4-2-3-5-16(15)20-19(21)23-11-14(12-23)22-8-6-17-13(10-22)7-9-25-17/h2-5,7,9,14H,6,8,10-12H2,1H3. The fourth-order valence-corrected chi connectivity index (χ4v) is 4.81. The number of aromatic nitrogens is 2. The largest absolute Gasteiger partial charge is 0.339 e. The van der Waals surface area contributed by atoms with Crippen LogP contribution in [-0.4, -0.2) is 40.1 Å². The van der Waals surface area contributed by atoms with E-state index in [-0.39, 0.29) is 5.56 Å². The fraction of sp³-hybridized carbons (Fsp3) is 0.368. The highest BCUT2D eigenvalue weighted by Gasteiger charge is 2.35. The van der Waals surface area contributed by atoms with Crippen LogP contribution < -0.4 is 10.5 Å². The Morgan fingerprint density at radius 2 is 2.04 bits per heavy atom. The molecule has 3 aromatic rings. The Bertz CT molecular complexity index is 1000. The minimum absolute atomic E-state index is 0.0323. The summed E-state index contributed by atoms with van der Waals surface area (Å²) in [7, 11) is 1.82. The molecule has 5 nitrogen and oxygen atoms in total. The van der Waals surface area contributed by atoms with Crippen molar-refractivity contribution in [2.45, 2.75) is 19.0 Å². The SMILES string of the molecule is Cn1c(N2CC(N3CCc4sccc4C3)C2)nc2ccccc2c1=O. The highest BCUT2D eigenvalue weighted by molar-refractivity contribution is 7.10. The maximum absolute atomic E-state index is 12.6. The number of fused-ring (bicyclic) bond motifs is 2. The molecule has 0 aliphatic carbocycles. The van der Waals surface area contributed by atoms with E-state index in [1.165, 1.54) is 5.56 Å². The van der Waals surface area contributed by atoms with Gasteiger partial charge in [0.05, 0.1) is 10.9 Å². The topological polar surface area (TPSA) is 41.4 Å². The van der Waals surface area contributed by atoms with Crippen LogP contribution in [0, 0.1) is 0 Å². The summed E-state index contributed by atoms with van der Waals surface area (Å²) >= 11 is 1.88. The molecule has 6 heteroatoms. The molecule has 0 radical (unpaired) electrons. The normalized spacial score (nSPS) is 18.4. The van der Waals surface area contributed by atoms with Gasteiger partial charge in [0.2, 0.25) is 5.95 Å². The Balaban J connectivity index is 1.36. The Labute approximate surface area is 150 Å². The Kier molecular flexibility index (Phi) is 3.43. The average molecular weight is 352 g/mol. The molecule has 0 N–H and O–H groups in total. The highest BCUT2D eigenvalue weighted by Crippen LogP contribution is 2.29. The van der Waals surface area contributed by atoms with Crippen LogP contribution in [0.15, 0.2) is 40.5 Å². The minimum atomic E-state index is 0.0323. The first kappa shape index (κ1) is 15.1. The molecule has 1 aromatic carbocycles. The second-order valence-corrected chi connectivity index (χ2v) is 7.94. The summed E-state index contributed by atoms with van der Waals surface area (Å²) in [5.41, 5.74) is 2.31. The van der Waals surface area contributed by atoms with Crippen LogP contribution in [0.3, 0.4) is 0 Å². The van der Waals surface area contributed by atoms with Gasteiger partial charge in [0.15, 0.2) is 0 Å². The predicted molar refractivity (Wildman–Crippen MR) is 101 cm³/mol. The number of para-hydroxylation sites is 1. The summed E-state index contributed by atoms with van der Waals surface area (Å²) in [6.45, 7) is 4.08. The smallest absolute Gasteiger partial charge is 0.262 e. The van der Waals surface area contributed by atoms with E-state index >= 15 is 0 Å². The third-order valence-electron chi connectivity index (χ3n) is 5.46. The van der Waals surface area contributed by atoms with E-state index in [4.69, 9.17) is 4.98 Å². The van der Waals surface area contributed by atoms with Crippen LogP contribution in [0.2, 0.25) is 0 Å². The molecule has 128 valence electrons. The van der Waals surface area contributed by atoms with Crippen molar-refractivity contribution in [1.29, 1.82) is 0 Å². The molecule has 0 amide bonds. The van der Waals surface area contributed by atoms with Crippen LogP contribution in [0.5, 0.6) is 0 Å². The van der Waals surface area contributed by atoms with Crippen molar-refractivity contribution in [2.24, 2.45) is 7.05 Å².